The highest BCUT2D eigenvalue weighted by Crippen LogP contribution is 2.29. The zero-order chi connectivity index (χ0) is 14.1. The Bertz CT molecular complexity index is 771. The zero-order valence-corrected chi connectivity index (χ0v) is 11.3. The van der Waals surface area contributed by atoms with Crippen LogP contribution < -0.4 is 0 Å². The van der Waals surface area contributed by atoms with E-state index in [-0.39, 0.29) is 10.8 Å². The van der Waals surface area contributed by atoms with E-state index in [9.17, 15) is 5.11 Å². The molecule has 100 valence electrons. The average molecular weight is 288 g/mol. The van der Waals surface area contributed by atoms with Crippen LogP contribution in [0.3, 0.4) is 0 Å². The van der Waals surface area contributed by atoms with E-state index in [1.165, 1.54) is 6.07 Å². The number of aromatic nitrogens is 3. The second kappa shape index (κ2) is 4.94. The van der Waals surface area contributed by atoms with E-state index < -0.39 is 0 Å². The smallest absolute Gasteiger partial charge is 0.258 e. The SMILES string of the molecule is Cc1cccc(-c2noc(-c3ccc(Cl)c(O)c3)n2)n1. The maximum absolute atomic E-state index is 9.59. The summed E-state index contributed by atoms with van der Waals surface area (Å²) in [5.74, 6) is 0.672. The van der Waals surface area contributed by atoms with Crippen molar-refractivity contribution in [2.75, 3.05) is 0 Å². The van der Waals surface area contributed by atoms with Gasteiger partial charge in [-0.2, -0.15) is 4.98 Å². The Morgan fingerprint density at radius 2 is 2.00 bits per heavy atom. The van der Waals surface area contributed by atoms with E-state index in [4.69, 9.17) is 16.1 Å². The van der Waals surface area contributed by atoms with Crippen molar-refractivity contribution in [3.05, 3.63) is 47.1 Å². The second-order valence-electron chi connectivity index (χ2n) is 4.25. The summed E-state index contributed by atoms with van der Waals surface area (Å²) in [6.07, 6.45) is 0. The molecular weight excluding hydrogens is 278 g/mol. The van der Waals surface area contributed by atoms with Gasteiger partial charge in [0.25, 0.3) is 5.89 Å². The molecule has 0 saturated carbocycles. The van der Waals surface area contributed by atoms with E-state index in [2.05, 4.69) is 15.1 Å². The van der Waals surface area contributed by atoms with Crippen molar-refractivity contribution in [1.29, 1.82) is 0 Å². The third kappa shape index (κ3) is 2.35. The van der Waals surface area contributed by atoms with E-state index in [1.54, 1.807) is 18.2 Å². The van der Waals surface area contributed by atoms with Crippen molar-refractivity contribution < 1.29 is 9.63 Å². The van der Waals surface area contributed by atoms with Gasteiger partial charge in [0.05, 0.1) is 5.02 Å². The van der Waals surface area contributed by atoms with Crippen LogP contribution in [0, 0.1) is 6.92 Å². The molecule has 20 heavy (non-hydrogen) atoms. The minimum absolute atomic E-state index is 0.0300. The number of rotatable bonds is 2. The standard InChI is InChI=1S/C14H10ClN3O2/c1-8-3-2-4-11(16-8)13-17-14(20-18-13)9-5-6-10(15)12(19)7-9/h2-7,19H,1H3. The molecule has 0 amide bonds. The van der Waals surface area contributed by atoms with Crippen LogP contribution in [0.5, 0.6) is 5.75 Å². The number of phenols is 1. The molecule has 1 aromatic carbocycles. The maximum atomic E-state index is 9.59. The van der Waals surface area contributed by atoms with Crippen molar-refractivity contribution in [2.45, 2.75) is 6.92 Å². The number of hydrogen-bond acceptors (Lipinski definition) is 5. The first-order chi connectivity index (χ1) is 9.63. The lowest BCUT2D eigenvalue weighted by atomic mass is 10.2. The van der Waals surface area contributed by atoms with Gasteiger partial charge < -0.3 is 9.63 Å². The summed E-state index contributed by atoms with van der Waals surface area (Å²) >= 11 is 5.76. The number of phenolic OH excluding ortho intramolecular Hbond substituents is 1. The number of aryl methyl sites for hydroxylation is 1. The third-order valence-corrected chi connectivity index (χ3v) is 3.06. The predicted octanol–water partition coefficient (Wildman–Crippen LogP) is 3.47. The molecule has 5 nitrogen and oxygen atoms in total. The molecule has 0 unspecified atom stereocenters. The van der Waals surface area contributed by atoms with Crippen molar-refractivity contribution in [3.8, 4) is 28.7 Å². The molecule has 2 heterocycles. The summed E-state index contributed by atoms with van der Waals surface area (Å²) in [5.41, 5.74) is 2.11. The largest absolute Gasteiger partial charge is 0.506 e. The first-order valence-electron chi connectivity index (χ1n) is 5.90. The van der Waals surface area contributed by atoms with Crippen molar-refractivity contribution in [1.82, 2.24) is 15.1 Å². The van der Waals surface area contributed by atoms with Crippen LogP contribution in [-0.4, -0.2) is 20.2 Å². The molecule has 3 rings (SSSR count). The third-order valence-electron chi connectivity index (χ3n) is 2.74. The highest BCUT2D eigenvalue weighted by Gasteiger charge is 2.12. The predicted molar refractivity (Wildman–Crippen MR) is 74.4 cm³/mol. The molecule has 0 radical (unpaired) electrons. The Labute approximate surface area is 119 Å². The lowest BCUT2D eigenvalue weighted by molar-refractivity contribution is 0.431. The molecule has 2 aromatic heterocycles. The molecule has 6 heteroatoms. The van der Waals surface area contributed by atoms with E-state index >= 15 is 0 Å². The molecule has 0 bridgehead atoms. The van der Waals surface area contributed by atoms with Crippen LogP contribution in [0.25, 0.3) is 23.0 Å². The fourth-order valence-corrected chi connectivity index (χ4v) is 1.88. The molecule has 0 spiro atoms. The van der Waals surface area contributed by atoms with Gasteiger partial charge in [0, 0.05) is 11.3 Å². The lowest BCUT2D eigenvalue weighted by Gasteiger charge is -1.98. The summed E-state index contributed by atoms with van der Waals surface area (Å²) in [5, 5.41) is 13.8. The molecule has 3 aromatic rings. The summed E-state index contributed by atoms with van der Waals surface area (Å²) in [7, 11) is 0. The van der Waals surface area contributed by atoms with Gasteiger partial charge in [0.1, 0.15) is 11.4 Å². The Kier molecular flexibility index (Phi) is 3.12. The Balaban J connectivity index is 1.99. The van der Waals surface area contributed by atoms with Crippen LogP contribution in [-0.2, 0) is 0 Å². The van der Waals surface area contributed by atoms with E-state index in [0.717, 1.165) is 5.69 Å². The number of aromatic hydroxyl groups is 1. The molecule has 0 aliphatic carbocycles. The highest BCUT2D eigenvalue weighted by atomic mass is 35.5. The van der Waals surface area contributed by atoms with Crippen LogP contribution in [0.2, 0.25) is 5.02 Å². The van der Waals surface area contributed by atoms with Gasteiger partial charge >= 0.3 is 0 Å². The summed E-state index contributed by atoms with van der Waals surface area (Å²) in [6.45, 7) is 1.89. The summed E-state index contributed by atoms with van der Waals surface area (Å²) in [6, 6.07) is 10.3. The van der Waals surface area contributed by atoms with Gasteiger partial charge in [-0.1, -0.05) is 22.8 Å². The van der Waals surface area contributed by atoms with Gasteiger partial charge in [0.2, 0.25) is 5.82 Å². The second-order valence-corrected chi connectivity index (χ2v) is 4.66. The highest BCUT2D eigenvalue weighted by molar-refractivity contribution is 6.32. The van der Waals surface area contributed by atoms with Crippen molar-refractivity contribution in [3.63, 3.8) is 0 Å². The van der Waals surface area contributed by atoms with Crippen molar-refractivity contribution >= 4 is 11.6 Å². The number of nitrogens with zero attached hydrogens (tertiary/aromatic N) is 3. The molecule has 0 aliphatic rings. The molecule has 0 atom stereocenters. The lowest BCUT2D eigenvalue weighted by Crippen LogP contribution is -1.87. The first kappa shape index (κ1) is 12.6. The van der Waals surface area contributed by atoms with Crippen LogP contribution >= 0.6 is 11.6 Å². The fraction of sp³-hybridized carbons (Fsp3) is 0.0714. The number of halogens is 1. The van der Waals surface area contributed by atoms with Crippen molar-refractivity contribution in [2.24, 2.45) is 0 Å². The minimum Gasteiger partial charge on any atom is -0.506 e. The number of pyridine rings is 1. The minimum atomic E-state index is -0.0300. The molecule has 1 N–H and O–H groups in total. The van der Waals surface area contributed by atoms with Crippen LogP contribution in [0.1, 0.15) is 5.69 Å². The van der Waals surface area contributed by atoms with Gasteiger partial charge in [-0.05, 0) is 37.3 Å². The summed E-state index contributed by atoms with van der Waals surface area (Å²) in [4.78, 5) is 8.59. The molecule has 0 aliphatic heterocycles. The Hall–Kier alpha value is -2.40. The molecule has 0 fully saturated rings. The maximum Gasteiger partial charge on any atom is 0.258 e. The first-order valence-corrected chi connectivity index (χ1v) is 6.28. The fourth-order valence-electron chi connectivity index (χ4n) is 1.76. The Morgan fingerprint density at radius 1 is 1.15 bits per heavy atom. The normalized spacial score (nSPS) is 10.7. The molecular formula is C14H10ClN3O2. The van der Waals surface area contributed by atoms with Gasteiger partial charge in [-0.15, -0.1) is 0 Å². The monoisotopic (exact) mass is 287 g/mol. The van der Waals surface area contributed by atoms with Gasteiger partial charge in [-0.25, -0.2) is 4.98 Å². The van der Waals surface area contributed by atoms with E-state index in [0.29, 0.717) is 23.0 Å². The quantitative estimate of drug-likeness (QED) is 0.781. The van der Waals surface area contributed by atoms with Crippen LogP contribution in [0.15, 0.2) is 40.9 Å². The topological polar surface area (TPSA) is 72.0 Å². The zero-order valence-electron chi connectivity index (χ0n) is 10.5. The van der Waals surface area contributed by atoms with Crippen LogP contribution in [0.4, 0.5) is 0 Å². The van der Waals surface area contributed by atoms with E-state index in [1.807, 2.05) is 19.1 Å². The Morgan fingerprint density at radius 3 is 2.75 bits per heavy atom. The van der Waals surface area contributed by atoms with Gasteiger partial charge in [0.15, 0.2) is 0 Å². The summed E-state index contributed by atoms with van der Waals surface area (Å²) < 4.78 is 5.18. The molecule has 0 saturated heterocycles. The number of hydrogen-bond donors (Lipinski definition) is 1. The van der Waals surface area contributed by atoms with Gasteiger partial charge in [-0.3, -0.25) is 0 Å². The average Bonchev–Trinajstić information content (AvgIpc) is 2.92. The number of benzene rings is 1.